The molecule has 0 radical (unpaired) electrons. The van der Waals surface area contributed by atoms with Crippen LogP contribution in [0.4, 0.5) is 0 Å². The highest BCUT2D eigenvalue weighted by Gasteiger charge is 2.17. The van der Waals surface area contributed by atoms with E-state index in [4.69, 9.17) is 10.8 Å². The zero-order valence-electron chi connectivity index (χ0n) is 8.03. The van der Waals surface area contributed by atoms with E-state index < -0.39 is 0 Å². The first-order valence-corrected chi connectivity index (χ1v) is 4.58. The summed E-state index contributed by atoms with van der Waals surface area (Å²) < 4.78 is 0. The molecule has 0 fully saturated rings. The second-order valence-electron chi connectivity index (χ2n) is 3.79. The van der Waals surface area contributed by atoms with Crippen LogP contribution in [0.25, 0.3) is 0 Å². The topological polar surface area (TPSA) is 46.2 Å². The van der Waals surface area contributed by atoms with Crippen LogP contribution in [0.3, 0.4) is 0 Å². The lowest BCUT2D eigenvalue weighted by molar-refractivity contribution is 0.245. The summed E-state index contributed by atoms with van der Waals surface area (Å²) >= 11 is 0. The van der Waals surface area contributed by atoms with E-state index >= 15 is 0 Å². The van der Waals surface area contributed by atoms with Crippen LogP contribution in [0.2, 0.25) is 0 Å². The molecular weight excluding hydrogens is 162 g/mol. The van der Waals surface area contributed by atoms with Crippen LogP contribution >= 0.6 is 0 Å². The lowest BCUT2D eigenvalue weighted by Gasteiger charge is -2.23. The minimum absolute atomic E-state index is 0.153. The van der Waals surface area contributed by atoms with Crippen LogP contribution < -0.4 is 5.73 Å². The van der Waals surface area contributed by atoms with E-state index in [1.807, 2.05) is 25.1 Å². The zero-order chi connectivity index (χ0) is 9.73. The van der Waals surface area contributed by atoms with Gasteiger partial charge in [0.1, 0.15) is 0 Å². The molecule has 1 unspecified atom stereocenters. The molecule has 0 saturated carbocycles. The monoisotopic (exact) mass is 179 g/mol. The number of nitrogens with two attached hydrogens (primary N) is 1. The maximum absolute atomic E-state index is 8.80. The van der Waals surface area contributed by atoms with Crippen molar-refractivity contribution in [2.24, 2.45) is 5.73 Å². The number of aliphatic hydroxyl groups is 1. The third kappa shape index (κ3) is 3.57. The molecule has 1 atom stereocenters. The molecule has 0 aliphatic heterocycles. The summed E-state index contributed by atoms with van der Waals surface area (Å²) in [6, 6.07) is 10.1. The highest BCUT2D eigenvalue weighted by molar-refractivity contribution is 5.17. The SMILES string of the molecule is CC(N)(CCO)Cc1ccccc1. The highest BCUT2D eigenvalue weighted by Crippen LogP contribution is 2.13. The minimum Gasteiger partial charge on any atom is -0.396 e. The smallest absolute Gasteiger partial charge is 0.0448 e. The van der Waals surface area contributed by atoms with Gasteiger partial charge in [0.25, 0.3) is 0 Å². The summed E-state index contributed by atoms with van der Waals surface area (Å²) in [5.41, 5.74) is 6.93. The predicted octanol–water partition coefficient (Wildman–Crippen LogP) is 1.33. The molecule has 0 spiro atoms. The molecule has 1 rings (SSSR count). The van der Waals surface area contributed by atoms with Crippen molar-refractivity contribution in [2.45, 2.75) is 25.3 Å². The van der Waals surface area contributed by atoms with Gasteiger partial charge < -0.3 is 10.8 Å². The number of rotatable bonds is 4. The second-order valence-corrected chi connectivity index (χ2v) is 3.79. The van der Waals surface area contributed by atoms with Crippen molar-refractivity contribution in [3.8, 4) is 0 Å². The first kappa shape index (κ1) is 10.2. The Labute approximate surface area is 79.4 Å². The van der Waals surface area contributed by atoms with Gasteiger partial charge in [0, 0.05) is 12.1 Å². The Bertz CT molecular complexity index is 244. The fourth-order valence-electron chi connectivity index (χ4n) is 1.41. The van der Waals surface area contributed by atoms with Gasteiger partial charge in [0.05, 0.1) is 0 Å². The van der Waals surface area contributed by atoms with Crippen molar-refractivity contribution in [2.75, 3.05) is 6.61 Å². The van der Waals surface area contributed by atoms with Gasteiger partial charge in [-0.2, -0.15) is 0 Å². The highest BCUT2D eigenvalue weighted by atomic mass is 16.3. The van der Waals surface area contributed by atoms with Gasteiger partial charge in [-0.05, 0) is 25.3 Å². The van der Waals surface area contributed by atoms with Crippen molar-refractivity contribution in [1.82, 2.24) is 0 Å². The van der Waals surface area contributed by atoms with Crippen LogP contribution in [-0.4, -0.2) is 17.3 Å². The van der Waals surface area contributed by atoms with E-state index in [1.165, 1.54) is 5.56 Å². The molecule has 0 aliphatic carbocycles. The summed E-state index contributed by atoms with van der Waals surface area (Å²) in [7, 11) is 0. The van der Waals surface area contributed by atoms with E-state index in [9.17, 15) is 0 Å². The molecule has 72 valence electrons. The van der Waals surface area contributed by atoms with Crippen molar-refractivity contribution in [3.63, 3.8) is 0 Å². The molecule has 0 amide bonds. The average molecular weight is 179 g/mol. The molecule has 13 heavy (non-hydrogen) atoms. The maximum atomic E-state index is 8.80. The molecule has 0 heterocycles. The minimum atomic E-state index is -0.296. The molecule has 3 N–H and O–H groups in total. The fourth-order valence-corrected chi connectivity index (χ4v) is 1.41. The first-order valence-electron chi connectivity index (χ1n) is 4.58. The normalized spacial score (nSPS) is 15.3. The Morgan fingerprint density at radius 1 is 1.31 bits per heavy atom. The van der Waals surface area contributed by atoms with E-state index in [2.05, 4.69) is 12.1 Å². The molecule has 0 saturated heterocycles. The van der Waals surface area contributed by atoms with Crippen LogP contribution in [0.5, 0.6) is 0 Å². The predicted molar refractivity (Wildman–Crippen MR) is 54.4 cm³/mol. The molecule has 2 nitrogen and oxygen atoms in total. The van der Waals surface area contributed by atoms with Crippen molar-refractivity contribution < 1.29 is 5.11 Å². The molecule has 0 bridgehead atoms. The van der Waals surface area contributed by atoms with Crippen LogP contribution in [0.15, 0.2) is 30.3 Å². The standard InChI is InChI=1S/C11H17NO/c1-11(12,7-8-13)9-10-5-3-2-4-6-10/h2-6,13H,7-9,12H2,1H3. The van der Waals surface area contributed by atoms with Gasteiger partial charge in [-0.15, -0.1) is 0 Å². The zero-order valence-corrected chi connectivity index (χ0v) is 8.03. The second kappa shape index (κ2) is 4.40. The van der Waals surface area contributed by atoms with Crippen molar-refractivity contribution in [3.05, 3.63) is 35.9 Å². The summed E-state index contributed by atoms with van der Waals surface area (Å²) in [5.74, 6) is 0. The third-order valence-corrected chi connectivity index (χ3v) is 2.13. The summed E-state index contributed by atoms with van der Waals surface area (Å²) in [6.45, 7) is 2.12. The van der Waals surface area contributed by atoms with E-state index in [1.54, 1.807) is 0 Å². The van der Waals surface area contributed by atoms with Crippen LogP contribution in [0, 0.1) is 0 Å². The van der Waals surface area contributed by atoms with Gasteiger partial charge in [0.2, 0.25) is 0 Å². The molecule has 2 heteroatoms. The van der Waals surface area contributed by atoms with E-state index in [0.717, 1.165) is 6.42 Å². The van der Waals surface area contributed by atoms with Crippen LogP contribution in [0.1, 0.15) is 18.9 Å². The Hall–Kier alpha value is -0.860. The Morgan fingerprint density at radius 3 is 2.46 bits per heavy atom. The van der Waals surface area contributed by atoms with Crippen molar-refractivity contribution >= 4 is 0 Å². The molecule has 1 aromatic carbocycles. The molecular formula is C11H17NO. The van der Waals surface area contributed by atoms with Gasteiger partial charge in [-0.1, -0.05) is 30.3 Å². The van der Waals surface area contributed by atoms with Gasteiger partial charge in [-0.25, -0.2) is 0 Å². The molecule has 0 aromatic heterocycles. The molecule has 0 aliphatic rings. The summed E-state index contributed by atoms with van der Waals surface area (Å²) in [6.07, 6.45) is 1.45. The number of aliphatic hydroxyl groups excluding tert-OH is 1. The Kier molecular flexibility index (Phi) is 3.46. The van der Waals surface area contributed by atoms with Crippen molar-refractivity contribution in [1.29, 1.82) is 0 Å². The number of hydrogen-bond donors (Lipinski definition) is 2. The summed E-state index contributed by atoms with van der Waals surface area (Å²) in [4.78, 5) is 0. The third-order valence-electron chi connectivity index (χ3n) is 2.13. The lowest BCUT2D eigenvalue weighted by Crippen LogP contribution is -2.39. The van der Waals surface area contributed by atoms with E-state index in [0.29, 0.717) is 6.42 Å². The van der Waals surface area contributed by atoms with Crippen LogP contribution in [-0.2, 0) is 6.42 Å². The first-order chi connectivity index (χ1) is 6.14. The lowest BCUT2D eigenvalue weighted by atomic mass is 9.91. The Morgan fingerprint density at radius 2 is 1.92 bits per heavy atom. The van der Waals surface area contributed by atoms with E-state index in [-0.39, 0.29) is 12.1 Å². The maximum Gasteiger partial charge on any atom is 0.0448 e. The van der Waals surface area contributed by atoms with Gasteiger partial charge in [-0.3, -0.25) is 0 Å². The average Bonchev–Trinajstić information content (AvgIpc) is 2.04. The quantitative estimate of drug-likeness (QED) is 0.732. The van der Waals surface area contributed by atoms with Gasteiger partial charge >= 0.3 is 0 Å². The number of benzene rings is 1. The molecule has 1 aromatic rings. The Balaban J connectivity index is 2.58. The summed E-state index contributed by atoms with van der Waals surface area (Å²) in [5, 5.41) is 8.80. The fraction of sp³-hybridized carbons (Fsp3) is 0.455. The van der Waals surface area contributed by atoms with Gasteiger partial charge in [0.15, 0.2) is 0 Å². The largest absolute Gasteiger partial charge is 0.396 e. The number of hydrogen-bond acceptors (Lipinski definition) is 2.